The van der Waals surface area contributed by atoms with E-state index in [0.29, 0.717) is 22.1 Å². The molecule has 0 saturated heterocycles. The average Bonchev–Trinajstić information content (AvgIpc) is 2.91. The first kappa shape index (κ1) is 14.3. The van der Waals surface area contributed by atoms with Gasteiger partial charge in [-0.2, -0.15) is 0 Å². The monoisotopic (exact) mass is 292 g/mol. The Kier molecular flexibility index (Phi) is 4.24. The maximum atomic E-state index is 11.2. The minimum absolute atomic E-state index is 0.296. The number of methoxy groups -OCH3 is 1. The van der Waals surface area contributed by atoms with Crippen molar-refractivity contribution in [3.63, 3.8) is 0 Å². The second-order valence-electron chi connectivity index (χ2n) is 4.16. The van der Waals surface area contributed by atoms with Gasteiger partial charge in [-0.25, -0.2) is 9.78 Å². The Morgan fingerprint density at radius 2 is 2.15 bits per heavy atom. The SMILES string of the molecule is CCc1nc(N(C)c2ccccc2OC)sc1C(=O)O. The molecule has 6 heteroatoms. The van der Waals surface area contributed by atoms with E-state index in [9.17, 15) is 9.90 Å². The summed E-state index contributed by atoms with van der Waals surface area (Å²) >= 11 is 1.17. The van der Waals surface area contributed by atoms with E-state index in [-0.39, 0.29) is 0 Å². The molecule has 106 valence electrons. The molecule has 2 aromatic rings. The van der Waals surface area contributed by atoms with Gasteiger partial charge >= 0.3 is 5.97 Å². The molecular weight excluding hydrogens is 276 g/mol. The predicted molar refractivity (Wildman–Crippen MR) is 79.5 cm³/mol. The molecule has 0 fully saturated rings. The van der Waals surface area contributed by atoms with Crippen molar-refractivity contribution in [1.82, 2.24) is 4.98 Å². The number of thiazole rings is 1. The Bertz CT molecular complexity index is 625. The molecule has 0 radical (unpaired) electrons. The maximum absolute atomic E-state index is 11.2. The fourth-order valence-corrected chi connectivity index (χ4v) is 2.87. The Hall–Kier alpha value is -2.08. The normalized spacial score (nSPS) is 10.3. The van der Waals surface area contributed by atoms with Crippen LogP contribution in [0.1, 0.15) is 22.3 Å². The average molecular weight is 292 g/mol. The highest BCUT2D eigenvalue weighted by atomic mass is 32.1. The van der Waals surface area contributed by atoms with Crippen molar-refractivity contribution >= 4 is 28.1 Å². The molecular formula is C14H16N2O3S. The molecule has 0 bridgehead atoms. The fourth-order valence-electron chi connectivity index (χ4n) is 1.90. The summed E-state index contributed by atoms with van der Waals surface area (Å²) in [5.74, 6) is -0.209. The van der Waals surface area contributed by atoms with Crippen LogP contribution in [0.25, 0.3) is 0 Å². The number of aryl methyl sites for hydroxylation is 1. The topological polar surface area (TPSA) is 62.7 Å². The van der Waals surface area contributed by atoms with E-state index in [1.165, 1.54) is 11.3 Å². The van der Waals surface area contributed by atoms with Crippen molar-refractivity contribution in [2.75, 3.05) is 19.1 Å². The molecule has 20 heavy (non-hydrogen) atoms. The number of benzene rings is 1. The molecule has 2 rings (SSSR count). The summed E-state index contributed by atoms with van der Waals surface area (Å²) in [5, 5.41) is 9.83. The van der Waals surface area contributed by atoms with Crippen LogP contribution in [0.2, 0.25) is 0 Å². The van der Waals surface area contributed by atoms with Gasteiger partial charge in [0.2, 0.25) is 0 Å². The molecule has 5 nitrogen and oxygen atoms in total. The number of hydrogen-bond acceptors (Lipinski definition) is 5. The van der Waals surface area contributed by atoms with Crippen molar-refractivity contribution in [1.29, 1.82) is 0 Å². The van der Waals surface area contributed by atoms with Gasteiger partial charge in [-0.15, -0.1) is 0 Å². The van der Waals surface area contributed by atoms with Crippen LogP contribution in [-0.2, 0) is 6.42 Å². The van der Waals surface area contributed by atoms with E-state index in [1.807, 2.05) is 43.1 Å². The molecule has 1 aromatic carbocycles. The van der Waals surface area contributed by atoms with Crippen LogP contribution in [0.5, 0.6) is 5.75 Å². The number of aromatic carboxylic acids is 1. The zero-order valence-corrected chi connectivity index (χ0v) is 12.4. The van der Waals surface area contributed by atoms with E-state index in [2.05, 4.69) is 4.98 Å². The first-order valence-corrected chi connectivity index (χ1v) is 6.99. The minimum atomic E-state index is -0.931. The summed E-state index contributed by atoms with van der Waals surface area (Å²) in [6.45, 7) is 1.90. The lowest BCUT2D eigenvalue weighted by atomic mass is 10.3. The lowest BCUT2D eigenvalue weighted by Gasteiger charge is -2.18. The molecule has 1 aromatic heterocycles. The van der Waals surface area contributed by atoms with Crippen LogP contribution >= 0.6 is 11.3 Å². The first-order chi connectivity index (χ1) is 9.58. The van der Waals surface area contributed by atoms with Gasteiger partial charge < -0.3 is 14.7 Å². The smallest absolute Gasteiger partial charge is 0.347 e. The van der Waals surface area contributed by atoms with Gasteiger partial charge in [0.1, 0.15) is 10.6 Å². The molecule has 0 saturated carbocycles. The number of carboxylic acids is 1. The third-order valence-electron chi connectivity index (χ3n) is 2.95. The molecule has 0 unspecified atom stereocenters. The number of rotatable bonds is 5. The Morgan fingerprint density at radius 3 is 2.70 bits per heavy atom. The van der Waals surface area contributed by atoms with Crippen molar-refractivity contribution in [2.24, 2.45) is 0 Å². The van der Waals surface area contributed by atoms with Gasteiger partial charge in [0, 0.05) is 7.05 Å². The van der Waals surface area contributed by atoms with Gasteiger partial charge in [0.15, 0.2) is 5.13 Å². The lowest BCUT2D eigenvalue weighted by molar-refractivity contribution is 0.0701. The number of ether oxygens (including phenoxy) is 1. The summed E-state index contributed by atoms with van der Waals surface area (Å²) in [6.07, 6.45) is 0.595. The van der Waals surface area contributed by atoms with E-state index < -0.39 is 5.97 Å². The first-order valence-electron chi connectivity index (χ1n) is 6.18. The molecule has 0 aliphatic rings. The second-order valence-corrected chi connectivity index (χ2v) is 5.14. The number of nitrogens with zero attached hydrogens (tertiary/aromatic N) is 2. The van der Waals surface area contributed by atoms with E-state index in [4.69, 9.17) is 4.74 Å². The highest BCUT2D eigenvalue weighted by Gasteiger charge is 2.20. The van der Waals surface area contributed by atoms with E-state index in [0.717, 1.165) is 11.4 Å². The van der Waals surface area contributed by atoms with Gasteiger partial charge in [-0.05, 0) is 18.6 Å². The van der Waals surface area contributed by atoms with Crippen LogP contribution in [0, 0.1) is 0 Å². The van der Waals surface area contributed by atoms with Crippen LogP contribution < -0.4 is 9.64 Å². The van der Waals surface area contributed by atoms with Crippen molar-refractivity contribution in [3.05, 3.63) is 34.8 Å². The molecule has 0 aliphatic heterocycles. The molecule has 0 atom stereocenters. The highest BCUT2D eigenvalue weighted by Crippen LogP contribution is 2.35. The summed E-state index contributed by atoms with van der Waals surface area (Å²) in [5.41, 5.74) is 1.46. The molecule has 0 aliphatic carbocycles. The summed E-state index contributed by atoms with van der Waals surface area (Å²) in [4.78, 5) is 17.8. The third kappa shape index (κ3) is 2.60. The Morgan fingerprint density at radius 1 is 1.45 bits per heavy atom. The third-order valence-corrected chi connectivity index (χ3v) is 4.11. The van der Waals surface area contributed by atoms with Gasteiger partial charge in [0.05, 0.1) is 18.5 Å². The largest absolute Gasteiger partial charge is 0.495 e. The van der Waals surface area contributed by atoms with Crippen LogP contribution in [0.4, 0.5) is 10.8 Å². The number of para-hydroxylation sites is 2. The number of hydrogen-bond donors (Lipinski definition) is 1. The number of aromatic nitrogens is 1. The van der Waals surface area contributed by atoms with Crippen LogP contribution in [0.3, 0.4) is 0 Å². The van der Waals surface area contributed by atoms with E-state index >= 15 is 0 Å². The standard InChI is InChI=1S/C14H16N2O3S/c1-4-9-12(13(17)18)20-14(15-9)16(2)10-7-5-6-8-11(10)19-3/h5-8H,4H2,1-3H3,(H,17,18). The van der Waals surface area contributed by atoms with Crippen molar-refractivity contribution in [2.45, 2.75) is 13.3 Å². The second kappa shape index (κ2) is 5.92. The van der Waals surface area contributed by atoms with E-state index in [1.54, 1.807) is 7.11 Å². The summed E-state index contributed by atoms with van der Waals surface area (Å²) < 4.78 is 5.32. The number of carboxylic acid groups (broad SMARTS) is 1. The Balaban J connectivity index is 2.43. The summed E-state index contributed by atoms with van der Waals surface area (Å²) in [7, 11) is 3.45. The zero-order valence-electron chi connectivity index (χ0n) is 11.6. The van der Waals surface area contributed by atoms with Crippen molar-refractivity contribution in [3.8, 4) is 5.75 Å². The van der Waals surface area contributed by atoms with Gasteiger partial charge in [-0.3, -0.25) is 0 Å². The molecule has 1 heterocycles. The molecule has 1 N–H and O–H groups in total. The van der Waals surface area contributed by atoms with Gasteiger partial charge in [0.25, 0.3) is 0 Å². The maximum Gasteiger partial charge on any atom is 0.347 e. The number of carbonyl (C=O) groups is 1. The molecule has 0 spiro atoms. The van der Waals surface area contributed by atoms with Crippen LogP contribution in [-0.4, -0.2) is 30.2 Å². The minimum Gasteiger partial charge on any atom is -0.495 e. The predicted octanol–water partition coefficient (Wildman–Crippen LogP) is 3.18. The summed E-state index contributed by atoms with van der Waals surface area (Å²) in [6, 6.07) is 7.56. The van der Waals surface area contributed by atoms with Crippen LogP contribution in [0.15, 0.2) is 24.3 Å². The number of anilines is 2. The fraction of sp³-hybridized carbons (Fsp3) is 0.286. The highest BCUT2D eigenvalue weighted by molar-refractivity contribution is 7.17. The molecule has 0 amide bonds. The van der Waals surface area contributed by atoms with Crippen molar-refractivity contribution < 1.29 is 14.6 Å². The lowest BCUT2D eigenvalue weighted by Crippen LogP contribution is -2.10. The Labute approximate surface area is 121 Å². The quantitative estimate of drug-likeness (QED) is 0.917. The zero-order chi connectivity index (χ0) is 14.7. The van der Waals surface area contributed by atoms with Gasteiger partial charge in [-0.1, -0.05) is 30.4 Å².